The summed E-state index contributed by atoms with van der Waals surface area (Å²) in [6, 6.07) is 0. The lowest BCUT2D eigenvalue weighted by Gasteiger charge is -2.17. The molecule has 3 heterocycles. The fraction of sp³-hybridized carbons (Fsp3) is 0.455. The van der Waals surface area contributed by atoms with E-state index in [0.717, 1.165) is 3.57 Å². The van der Waals surface area contributed by atoms with E-state index in [4.69, 9.17) is 16.2 Å². The molecule has 0 amide bonds. The third-order valence-electron chi connectivity index (χ3n) is 3.44. The van der Waals surface area contributed by atoms with Crippen LogP contribution < -0.4 is 11.5 Å². The van der Waals surface area contributed by atoms with Gasteiger partial charge in [-0.15, -0.1) is 0 Å². The monoisotopic (exact) mass is 391 g/mol. The summed E-state index contributed by atoms with van der Waals surface area (Å²) in [6.07, 6.45) is -0.355. The first kappa shape index (κ1) is 13.9. The molecule has 1 aliphatic rings. The van der Waals surface area contributed by atoms with Crippen molar-refractivity contribution in [2.45, 2.75) is 24.5 Å². The Labute approximate surface area is 127 Å². The van der Waals surface area contributed by atoms with Crippen LogP contribution >= 0.6 is 22.6 Å². The molecule has 1 aliphatic heterocycles. The summed E-state index contributed by atoms with van der Waals surface area (Å²) >= 11 is 2.11. The maximum absolute atomic E-state index is 10.1. The minimum atomic E-state index is -1.08. The van der Waals surface area contributed by atoms with Gasteiger partial charge >= 0.3 is 0 Å². The average Bonchev–Trinajstić information content (AvgIpc) is 2.90. The van der Waals surface area contributed by atoms with E-state index in [1.807, 2.05) is 0 Å². The van der Waals surface area contributed by atoms with E-state index >= 15 is 0 Å². The molecule has 8 nitrogen and oxygen atoms in total. The maximum atomic E-state index is 10.1. The average molecular weight is 391 g/mol. The van der Waals surface area contributed by atoms with E-state index in [1.54, 1.807) is 10.8 Å². The highest BCUT2D eigenvalue weighted by atomic mass is 127. The normalized spacial score (nSPS) is 30.2. The molecular formula is C11H14IN5O3. The number of anilines is 1. The predicted octanol–water partition coefficient (Wildman–Crippen LogP) is -0.804. The molecule has 0 bridgehead atoms. The van der Waals surface area contributed by atoms with Crippen molar-refractivity contribution in [3.05, 3.63) is 16.1 Å². The standard InChI is InChI=1S/C11H14IN5O3/c12-4-2-17(10-6(4)9(14)15-3-16-10)11-8(19)7(18)5(1-13)20-11/h2-3,5,7-8,11,18-19H,1,13H2,(H2,14,15,16)/t5-,7+,8+,11-/m1/s1. The fourth-order valence-electron chi connectivity index (χ4n) is 2.41. The lowest BCUT2D eigenvalue weighted by Crippen LogP contribution is -2.35. The lowest BCUT2D eigenvalue weighted by molar-refractivity contribution is -0.0319. The number of fused-ring (bicyclic) bond motifs is 1. The van der Waals surface area contributed by atoms with Crippen LogP contribution in [0.1, 0.15) is 6.23 Å². The quantitative estimate of drug-likeness (QED) is 0.493. The lowest BCUT2D eigenvalue weighted by atomic mass is 10.1. The van der Waals surface area contributed by atoms with Crippen LogP contribution in [-0.4, -0.2) is 49.6 Å². The second-order valence-electron chi connectivity index (χ2n) is 4.62. The molecule has 0 saturated carbocycles. The molecular weight excluding hydrogens is 377 g/mol. The number of aromatic nitrogens is 3. The molecule has 108 valence electrons. The Hall–Kier alpha value is -1.01. The Morgan fingerprint density at radius 3 is 2.75 bits per heavy atom. The fourth-order valence-corrected chi connectivity index (χ4v) is 3.23. The van der Waals surface area contributed by atoms with Gasteiger partial charge in [0.05, 0.1) is 5.39 Å². The first-order valence-corrected chi connectivity index (χ1v) is 7.10. The zero-order valence-corrected chi connectivity index (χ0v) is 12.5. The van der Waals surface area contributed by atoms with Crippen LogP contribution in [0.2, 0.25) is 0 Å². The molecule has 1 fully saturated rings. The molecule has 20 heavy (non-hydrogen) atoms. The number of nitrogen functional groups attached to an aromatic ring is 1. The first-order valence-electron chi connectivity index (χ1n) is 6.02. The maximum Gasteiger partial charge on any atom is 0.164 e. The summed E-state index contributed by atoms with van der Waals surface area (Å²) < 4.78 is 8.11. The number of hydrogen-bond donors (Lipinski definition) is 4. The van der Waals surface area contributed by atoms with Crippen molar-refractivity contribution >= 4 is 39.4 Å². The molecule has 0 radical (unpaired) electrons. The van der Waals surface area contributed by atoms with Gasteiger partial charge in [-0.3, -0.25) is 0 Å². The predicted molar refractivity (Wildman–Crippen MR) is 79.6 cm³/mol. The van der Waals surface area contributed by atoms with E-state index in [9.17, 15) is 10.2 Å². The second-order valence-corrected chi connectivity index (χ2v) is 5.79. The van der Waals surface area contributed by atoms with Crippen molar-refractivity contribution in [1.29, 1.82) is 0 Å². The SMILES string of the molecule is NC[C@H]1O[C@@H](n2cc(I)c3c(N)ncnc32)[C@@H](O)[C@H]1O. The van der Waals surface area contributed by atoms with Gasteiger partial charge in [0.15, 0.2) is 6.23 Å². The first-order chi connectivity index (χ1) is 9.54. The van der Waals surface area contributed by atoms with Crippen LogP contribution in [0.25, 0.3) is 11.0 Å². The van der Waals surface area contributed by atoms with Crippen LogP contribution in [0.5, 0.6) is 0 Å². The molecule has 0 aliphatic carbocycles. The van der Waals surface area contributed by atoms with Gasteiger partial charge in [0.25, 0.3) is 0 Å². The van der Waals surface area contributed by atoms with Gasteiger partial charge < -0.3 is 31.0 Å². The Morgan fingerprint density at radius 2 is 2.10 bits per heavy atom. The van der Waals surface area contributed by atoms with E-state index in [0.29, 0.717) is 16.9 Å². The molecule has 0 aromatic carbocycles. The highest BCUT2D eigenvalue weighted by Gasteiger charge is 2.43. The van der Waals surface area contributed by atoms with Crippen LogP contribution in [-0.2, 0) is 4.74 Å². The minimum absolute atomic E-state index is 0.127. The smallest absolute Gasteiger partial charge is 0.164 e. The number of aliphatic hydroxyl groups excluding tert-OH is 2. The summed E-state index contributed by atoms with van der Waals surface area (Å²) in [7, 11) is 0. The number of nitrogens with two attached hydrogens (primary N) is 2. The topological polar surface area (TPSA) is 132 Å². The molecule has 1 saturated heterocycles. The molecule has 3 rings (SSSR count). The van der Waals surface area contributed by atoms with Crippen molar-refractivity contribution in [3.63, 3.8) is 0 Å². The molecule has 0 unspecified atom stereocenters. The van der Waals surface area contributed by atoms with Gasteiger partial charge in [0.1, 0.15) is 36.1 Å². The summed E-state index contributed by atoms with van der Waals surface area (Å²) in [4.78, 5) is 8.13. The van der Waals surface area contributed by atoms with Gasteiger partial charge in [-0.05, 0) is 22.6 Å². The Balaban J connectivity index is 2.10. The zero-order chi connectivity index (χ0) is 14.4. The number of ether oxygens (including phenoxy) is 1. The van der Waals surface area contributed by atoms with Gasteiger partial charge in [-0.2, -0.15) is 0 Å². The van der Waals surface area contributed by atoms with Gasteiger partial charge in [-0.1, -0.05) is 0 Å². The van der Waals surface area contributed by atoms with Crippen LogP contribution in [0, 0.1) is 3.57 Å². The van der Waals surface area contributed by atoms with Crippen molar-refractivity contribution in [1.82, 2.24) is 14.5 Å². The van der Waals surface area contributed by atoms with E-state index in [2.05, 4.69) is 32.6 Å². The van der Waals surface area contributed by atoms with E-state index in [1.165, 1.54) is 6.33 Å². The molecule has 2 aromatic rings. The van der Waals surface area contributed by atoms with Crippen LogP contribution in [0.3, 0.4) is 0 Å². The molecule has 2 aromatic heterocycles. The minimum Gasteiger partial charge on any atom is -0.387 e. The molecule has 0 spiro atoms. The van der Waals surface area contributed by atoms with E-state index < -0.39 is 24.5 Å². The number of nitrogens with zero attached hydrogens (tertiary/aromatic N) is 3. The Bertz CT molecular complexity index is 648. The number of hydrogen-bond acceptors (Lipinski definition) is 7. The van der Waals surface area contributed by atoms with Crippen molar-refractivity contribution < 1.29 is 14.9 Å². The zero-order valence-electron chi connectivity index (χ0n) is 10.3. The van der Waals surface area contributed by atoms with Gasteiger partial charge in [0.2, 0.25) is 0 Å². The number of halogens is 1. The summed E-state index contributed by atoms with van der Waals surface area (Å²) in [6.45, 7) is 0.127. The van der Waals surface area contributed by atoms with Crippen molar-refractivity contribution in [3.8, 4) is 0 Å². The van der Waals surface area contributed by atoms with Gasteiger partial charge in [-0.25, -0.2) is 9.97 Å². The number of aliphatic hydroxyl groups is 2. The second kappa shape index (κ2) is 5.07. The highest BCUT2D eigenvalue weighted by Crippen LogP contribution is 2.34. The number of rotatable bonds is 2. The third kappa shape index (κ3) is 1.97. The van der Waals surface area contributed by atoms with Crippen LogP contribution in [0.4, 0.5) is 5.82 Å². The van der Waals surface area contributed by atoms with Crippen LogP contribution in [0.15, 0.2) is 12.5 Å². The van der Waals surface area contributed by atoms with Gasteiger partial charge in [0, 0.05) is 16.3 Å². The Morgan fingerprint density at radius 1 is 1.35 bits per heavy atom. The van der Waals surface area contributed by atoms with Crippen molar-refractivity contribution in [2.75, 3.05) is 12.3 Å². The molecule has 4 atom stereocenters. The van der Waals surface area contributed by atoms with Crippen molar-refractivity contribution in [2.24, 2.45) is 5.73 Å². The summed E-state index contributed by atoms with van der Waals surface area (Å²) in [5, 5.41) is 20.7. The third-order valence-corrected chi connectivity index (χ3v) is 4.25. The highest BCUT2D eigenvalue weighted by molar-refractivity contribution is 14.1. The molecule has 9 heteroatoms. The summed E-state index contributed by atoms with van der Waals surface area (Å²) in [5.41, 5.74) is 11.9. The molecule has 6 N–H and O–H groups in total. The Kier molecular flexibility index (Phi) is 3.54. The summed E-state index contributed by atoms with van der Waals surface area (Å²) in [5.74, 6) is 0.363. The van der Waals surface area contributed by atoms with E-state index in [-0.39, 0.29) is 6.54 Å². The largest absolute Gasteiger partial charge is 0.387 e.